The first-order valence-corrected chi connectivity index (χ1v) is 16.2. The first-order chi connectivity index (χ1) is 24.6. The highest BCUT2D eigenvalue weighted by molar-refractivity contribution is 5.88. The molecule has 19 heteroatoms. The van der Waals surface area contributed by atoms with E-state index in [0.29, 0.717) is 0 Å². The Balaban J connectivity index is 1.19. The van der Waals surface area contributed by atoms with Gasteiger partial charge in [0.1, 0.15) is 89.3 Å². The number of ether oxygens (including phenoxy) is 6. The molecule has 0 radical (unpaired) electrons. The van der Waals surface area contributed by atoms with Gasteiger partial charge in [-0.15, -0.1) is 0 Å². The summed E-state index contributed by atoms with van der Waals surface area (Å²) in [5.41, 5.74) is -1.05. The van der Waals surface area contributed by atoms with Crippen LogP contribution in [0.25, 0.3) is 22.3 Å². The van der Waals surface area contributed by atoms with Crippen molar-refractivity contribution in [1.82, 2.24) is 0 Å². The fraction of sp³-hybridized carbons (Fsp3) is 0.545. The van der Waals surface area contributed by atoms with E-state index in [0.717, 1.165) is 12.1 Å². The van der Waals surface area contributed by atoms with Crippen LogP contribution in [0.3, 0.4) is 0 Å². The van der Waals surface area contributed by atoms with Crippen molar-refractivity contribution >= 4 is 11.0 Å². The van der Waals surface area contributed by atoms with Crippen molar-refractivity contribution in [2.45, 2.75) is 106 Å². The predicted molar refractivity (Wildman–Crippen MR) is 170 cm³/mol. The number of rotatable bonds is 8. The molecule has 3 aliphatic rings. The van der Waals surface area contributed by atoms with Crippen LogP contribution in [0.2, 0.25) is 0 Å². The second kappa shape index (κ2) is 15.0. The van der Waals surface area contributed by atoms with Gasteiger partial charge in [0.05, 0.1) is 18.8 Å². The summed E-state index contributed by atoms with van der Waals surface area (Å²) in [7, 11) is 0. The van der Waals surface area contributed by atoms with Crippen LogP contribution >= 0.6 is 0 Å². The zero-order valence-electron chi connectivity index (χ0n) is 27.5. The highest BCUT2D eigenvalue weighted by Crippen LogP contribution is 2.38. The van der Waals surface area contributed by atoms with Gasteiger partial charge in [0.2, 0.25) is 17.5 Å². The van der Waals surface area contributed by atoms with Crippen molar-refractivity contribution < 1.29 is 89.0 Å². The summed E-state index contributed by atoms with van der Waals surface area (Å²) in [4.78, 5) is 13.7. The van der Waals surface area contributed by atoms with Crippen molar-refractivity contribution in [2.24, 2.45) is 0 Å². The molecule has 0 bridgehead atoms. The van der Waals surface area contributed by atoms with Crippen molar-refractivity contribution in [3.8, 4) is 34.3 Å². The lowest BCUT2D eigenvalue weighted by Crippen LogP contribution is -2.63. The third-order valence-corrected chi connectivity index (χ3v) is 9.25. The molecule has 3 fully saturated rings. The third-order valence-electron chi connectivity index (χ3n) is 9.25. The molecule has 11 N–H and O–H groups in total. The smallest absolute Gasteiger partial charge is 0.239 e. The highest BCUT2D eigenvalue weighted by atomic mass is 16.7. The quantitative estimate of drug-likeness (QED) is 0.113. The van der Waals surface area contributed by atoms with E-state index >= 15 is 0 Å². The zero-order valence-corrected chi connectivity index (χ0v) is 27.5. The topological polar surface area (TPSA) is 308 Å². The van der Waals surface area contributed by atoms with Crippen LogP contribution in [0.4, 0.5) is 0 Å². The van der Waals surface area contributed by atoms with E-state index in [2.05, 4.69) is 0 Å². The van der Waals surface area contributed by atoms with Crippen LogP contribution in [0, 0.1) is 0 Å². The number of aliphatic hydroxyl groups excluding tert-OH is 8. The number of phenolic OH excluding ortho intramolecular Hbond substituents is 3. The van der Waals surface area contributed by atoms with Crippen molar-refractivity contribution in [3.05, 3.63) is 46.6 Å². The minimum absolute atomic E-state index is 0.125. The Morgan fingerprint density at radius 1 is 0.654 bits per heavy atom. The van der Waals surface area contributed by atoms with Gasteiger partial charge in [-0.25, -0.2) is 0 Å². The average Bonchev–Trinajstić information content (AvgIpc) is 3.10. The lowest BCUT2D eigenvalue weighted by molar-refractivity contribution is -0.357. The Bertz CT molecular complexity index is 1770. The average molecular weight is 741 g/mol. The second-order valence-electron chi connectivity index (χ2n) is 12.9. The monoisotopic (exact) mass is 740 g/mol. The Labute approximate surface area is 293 Å². The van der Waals surface area contributed by atoms with Crippen LogP contribution < -0.4 is 10.2 Å². The molecule has 6 rings (SSSR count). The molecule has 52 heavy (non-hydrogen) atoms. The number of hydrogen-bond donors (Lipinski definition) is 11. The number of phenols is 3. The lowest BCUT2D eigenvalue weighted by Gasteiger charge is -2.46. The van der Waals surface area contributed by atoms with Gasteiger partial charge in [-0.2, -0.15) is 0 Å². The molecular formula is C33H40O19. The third kappa shape index (κ3) is 7.16. The zero-order chi connectivity index (χ0) is 37.8. The fourth-order valence-electron chi connectivity index (χ4n) is 6.25. The van der Waals surface area contributed by atoms with Crippen LogP contribution in [0.1, 0.15) is 13.8 Å². The summed E-state index contributed by atoms with van der Waals surface area (Å²) in [6.07, 6.45) is -23.8. The summed E-state index contributed by atoms with van der Waals surface area (Å²) in [5, 5.41) is 114. The van der Waals surface area contributed by atoms with Gasteiger partial charge in [-0.1, -0.05) is 0 Å². The Kier molecular flexibility index (Phi) is 11.0. The van der Waals surface area contributed by atoms with E-state index in [-0.39, 0.29) is 22.7 Å². The van der Waals surface area contributed by atoms with Crippen molar-refractivity contribution in [2.75, 3.05) is 6.61 Å². The minimum Gasteiger partial charge on any atom is -0.508 e. The predicted octanol–water partition coefficient (Wildman–Crippen LogP) is -2.54. The molecule has 3 aliphatic heterocycles. The van der Waals surface area contributed by atoms with E-state index in [1.165, 1.54) is 38.1 Å². The molecule has 3 aromatic rings. The number of hydrogen-bond acceptors (Lipinski definition) is 19. The molecule has 3 saturated heterocycles. The molecular weight excluding hydrogens is 700 g/mol. The maximum Gasteiger partial charge on any atom is 0.239 e. The molecule has 1 aromatic heterocycles. The van der Waals surface area contributed by atoms with Crippen LogP contribution in [-0.4, -0.2) is 155 Å². The number of aromatic hydroxyl groups is 3. The van der Waals surface area contributed by atoms with Crippen LogP contribution in [-0.2, 0) is 23.7 Å². The standard InChI is InChI=1S/C33H40O19/c1-10-19(37)22(40)25(43)32(47-10)51-28-11(2)48-31(27(45)24(28)42)46-9-17-20(38)23(41)26(44)33(50-17)52-30-21(39)18-15(36)7-14(35)8-16(18)49-29(30)12-3-5-13(34)6-4-12/h3-8,10-11,17,19-20,22-28,31-38,40-45H,9H2,1-2H3/t10?,11?,17?,19-,20-,22-,23?,24+,25?,26?,27?,28-,31+,32-,33-/m0/s1. The van der Waals surface area contributed by atoms with E-state index in [1.54, 1.807) is 0 Å². The summed E-state index contributed by atoms with van der Waals surface area (Å²) < 4.78 is 39.6. The SMILES string of the molecule is CC1O[C@@H](O[C@H]2C(C)O[C@@H](OCC3O[C@@H](Oc4c(-c5ccc(O)cc5)oc5cc(O)cc(O)c5c4=O)C(O)C(O)[C@H]3O)C(O)[C@H]2O)C(O)[C@@H](O)[C@H]1O. The fourth-order valence-corrected chi connectivity index (χ4v) is 6.25. The maximum atomic E-state index is 13.7. The van der Waals surface area contributed by atoms with Gasteiger partial charge in [-0.3, -0.25) is 4.79 Å². The molecule has 7 unspecified atom stereocenters. The Morgan fingerprint density at radius 2 is 1.27 bits per heavy atom. The largest absolute Gasteiger partial charge is 0.508 e. The highest BCUT2D eigenvalue weighted by Gasteiger charge is 2.51. The minimum atomic E-state index is -1.97. The van der Waals surface area contributed by atoms with E-state index < -0.39 is 127 Å². The van der Waals surface area contributed by atoms with Gasteiger partial charge in [0.15, 0.2) is 18.3 Å². The lowest BCUT2D eigenvalue weighted by atomic mass is 9.97. The second-order valence-corrected chi connectivity index (χ2v) is 12.9. The van der Waals surface area contributed by atoms with Gasteiger partial charge in [0, 0.05) is 17.7 Å². The van der Waals surface area contributed by atoms with Crippen LogP contribution in [0.5, 0.6) is 23.0 Å². The molecule has 4 heterocycles. The van der Waals surface area contributed by atoms with E-state index in [4.69, 9.17) is 32.8 Å². The molecule has 0 amide bonds. The van der Waals surface area contributed by atoms with Crippen LogP contribution in [0.15, 0.2) is 45.6 Å². The van der Waals surface area contributed by atoms with Gasteiger partial charge in [-0.05, 0) is 38.1 Å². The number of aliphatic hydroxyl groups is 8. The molecule has 2 aromatic carbocycles. The van der Waals surface area contributed by atoms with Crippen molar-refractivity contribution in [1.29, 1.82) is 0 Å². The van der Waals surface area contributed by atoms with Gasteiger partial charge >= 0.3 is 0 Å². The molecule has 0 saturated carbocycles. The number of benzene rings is 2. The first-order valence-electron chi connectivity index (χ1n) is 16.2. The normalized spacial score (nSPS) is 38.3. The van der Waals surface area contributed by atoms with E-state index in [9.17, 15) is 61.0 Å². The van der Waals surface area contributed by atoms with Gasteiger partial charge in [0.25, 0.3) is 0 Å². The Hall–Kier alpha value is -3.67. The molecule has 15 atom stereocenters. The summed E-state index contributed by atoms with van der Waals surface area (Å²) in [6, 6.07) is 7.24. The first kappa shape index (κ1) is 38.1. The molecule has 286 valence electrons. The van der Waals surface area contributed by atoms with Gasteiger partial charge < -0.3 is 89.0 Å². The summed E-state index contributed by atoms with van der Waals surface area (Å²) in [5.74, 6) is -2.12. The summed E-state index contributed by atoms with van der Waals surface area (Å²) >= 11 is 0. The van der Waals surface area contributed by atoms with Crippen molar-refractivity contribution in [3.63, 3.8) is 0 Å². The summed E-state index contributed by atoms with van der Waals surface area (Å²) in [6.45, 7) is 2.22. The number of fused-ring (bicyclic) bond motifs is 1. The molecule has 0 spiro atoms. The molecule has 0 aliphatic carbocycles. The maximum absolute atomic E-state index is 13.7. The van der Waals surface area contributed by atoms with E-state index in [1.807, 2.05) is 0 Å². The Morgan fingerprint density at radius 3 is 1.96 bits per heavy atom. The molecule has 19 nitrogen and oxygen atoms in total.